The Morgan fingerprint density at radius 1 is 0.811 bits per heavy atom. The van der Waals surface area contributed by atoms with Crippen molar-refractivity contribution in [2.75, 3.05) is 63.1 Å². The second-order valence-electron chi connectivity index (χ2n) is 14.4. The lowest BCUT2D eigenvalue weighted by Crippen LogP contribution is -2.49. The molecule has 0 radical (unpaired) electrons. The lowest BCUT2D eigenvalue weighted by molar-refractivity contribution is -0.133. The molecule has 3 heterocycles. The van der Waals surface area contributed by atoms with E-state index in [1.807, 2.05) is 23.1 Å². The van der Waals surface area contributed by atoms with Crippen molar-refractivity contribution in [3.8, 4) is 28.5 Å². The third kappa shape index (κ3) is 13.1. The zero-order chi connectivity index (χ0) is 37.3. The number of carbonyl (C=O) groups is 2. The summed E-state index contributed by atoms with van der Waals surface area (Å²) in [6.07, 6.45) is 14.5. The van der Waals surface area contributed by atoms with Crippen LogP contribution in [0.25, 0.3) is 11.3 Å². The monoisotopic (exact) mass is 729 g/mol. The Morgan fingerprint density at radius 3 is 2.15 bits per heavy atom. The fourth-order valence-corrected chi connectivity index (χ4v) is 7.16. The number of para-hydroxylation sites is 1. The molecule has 2 aromatic carbocycles. The third-order valence-corrected chi connectivity index (χ3v) is 10.3. The molecule has 2 aliphatic rings. The molecule has 5 N–H and O–H groups in total. The molecule has 0 spiro atoms. The Balaban J connectivity index is 0.930. The van der Waals surface area contributed by atoms with Crippen molar-refractivity contribution in [2.24, 2.45) is 5.73 Å². The van der Waals surface area contributed by atoms with Gasteiger partial charge >= 0.3 is 0 Å². The number of rotatable bonds is 21. The fourth-order valence-electron chi connectivity index (χ4n) is 7.16. The van der Waals surface area contributed by atoms with Gasteiger partial charge in [0.15, 0.2) is 11.6 Å². The molecule has 1 atom stereocenters. The number of primary amides is 1. The van der Waals surface area contributed by atoms with E-state index in [1.54, 1.807) is 24.3 Å². The van der Waals surface area contributed by atoms with Crippen molar-refractivity contribution in [1.29, 1.82) is 0 Å². The van der Waals surface area contributed by atoms with Gasteiger partial charge in [-0.3, -0.25) is 14.5 Å². The molecule has 2 fully saturated rings. The molecule has 53 heavy (non-hydrogen) atoms. The first-order valence-electron chi connectivity index (χ1n) is 19.7. The molecule has 12 nitrogen and oxygen atoms in total. The summed E-state index contributed by atoms with van der Waals surface area (Å²) in [5.41, 5.74) is 13.5. The maximum Gasteiger partial charge on any atom is 0.222 e. The number of unbranched alkanes of at least 4 members (excludes halogenated alkanes) is 9. The highest BCUT2D eigenvalue weighted by atomic mass is 16.5. The Morgan fingerprint density at radius 2 is 1.47 bits per heavy atom. The van der Waals surface area contributed by atoms with Gasteiger partial charge in [-0.2, -0.15) is 0 Å². The van der Waals surface area contributed by atoms with Crippen molar-refractivity contribution in [3.05, 3.63) is 54.6 Å². The number of nitrogens with zero attached hydrogens (tertiary/aromatic N) is 5. The van der Waals surface area contributed by atoms with Gasteiger partial charge in [-0.1, -0.05) is 63.5 Å². The molecule has 0 saturated carbocycles. The molecular formula is C41H59N7O5. The number of hydrogen-bond donors (Lipinski definition) is 3. The number of carbonyl (C=O) groups excluding carboxylic acids is 2. The number of nitrogens with two attached hydrogens (primary N) is 2. The van der Waals surface area contributed by atoms with E-state index in [0.29, 0.717) is 48.9 Å². The minimum absolute atomic E-state index is 0.0662. The van der Waals surface area contributed by atoms with E-state index in [9.17, 15) is 14.7 Å². The van der Waals surface area contributed by atoms with Gasteiger partial charge in [-0.25, -0.2) is 0 Å². The van der Waals surface area contributed by atoms with Crippen molar-refractivity contribution in [1.82, 2.24) is 20.0 Å². The van der Waals surface area contributed by atoms with E-state index in [2.05, 4.69) is 32.1 Å². The van der Waals surface area contributed by atoms with Crippen LogP contribution in [0.3, 0.4) is 0 Å². The number of benzene rings is 2. The summed E-state index contributed by atoms with van der Waals surface area (Å²) in [4.78, 5) is 30.3. The molecule has 12 heteroatoms. The normalized spacial score (nSPS) is 16.4. The first-order chi connectivity index (χ1) is 25.9. The number of aromatic nitrogens is 2. The topological polar surface area (TPSA) is 160 Å². The summed E-state index contributed by atoms with van der Waals surface area (Å²) in [5, 5.41) is 18.5. The highest BCUT2D eigenvalue weighted by Crippen LogP contribution is 2.32. The van der Waals surface area contributed by atoms with Crippen LogP contribution in [-0.4, -0.2) is 95.4 Å². The molecule has 2 saturated heterocycles. The summed E-state index contributed by atoms with van der Waals surface area (Å²) in [5.74, 6) is 1.77. The van der Waals surface area contributed by atoms with E-state index in [1.165, 1.54) is 38.5 Å². The van der Waals surface area contributed by atoms with Crippen molar-refractivity contribution >= 4 is 23.3 Å². The lowest BCUT2D eigenvalue weighted by atomic mass is 10.0. The Bertz CT molecular complexity index is 1560. The quantitative estimate of drug-likeness (QED) is 0.108. The molecule has 288 valence electrons. The summed E-state index contributed by atoms with van der Waals surface area (Å²) in [6, 6.07) is 17.0. The van der Waals surface area contributed by atoms with Gasteiger partial charge in [-0.15, -0.1) is 10.2 Å². The maximum atomic E-state index is 12.8. The molecule has 3 aromatic rings. The zero-order valence-corrected chi connectivity index (χ0v) is 31.3. The predicted molar refractivity (Wildman–Crippen MR) is 209 cm³/mol. The van der Waals surface area contributed by atoms with Crippen molar-refractivity contribution in [2.45, 2.75) is 96.0 Å². The standard InChI is InChI=1S/C41H59N7O5/c42-39(50)17-9-7-5-3-1-2-4-6-8-10-18-40(51)47-26-24-46(25-27-47)28-29-52-33-21-19-32(20-22-33)48-23-13-14-34(31-48)53-38-30-36(44-45-41(38)43)35-15-11-12-16-37(35)49/h11-12,15-16,19-22,30,34,49H,1-10,13-14,17-18,23-29,31H2,(H2,42,50)(H2,43,45). The van der Waals surface area contributed by atoms with Crippen LogP contribution in [0.15, 0.2) is 54.6 Å². The van der Waals surface area contributed by atoms with Gasteiger partial charge in [0.25, 0.3) is 0 Å². The number of phenolic OH excluding ortho intramolecular Hbond substituents is 1. The van der Waals surface area contributed by atoms with Crippen LogP contribution >= 0.6 is 0 Å². The van der Waals surface area contributed by atoms with Gasteiger partial charge in [0, 0.05) is 69.4 Å². The number of hydrogen-bond acceptors (Lipinski definition) is 10. The number of nitrogen functional groups attached to an aromatic ring is 1. The van der Waals surface area contributed by atoms with E-state index in [-0.39, 0.29) is 23.6 Å². The average Bonchev–Trinajstić information content (AvgIpc) is 3.17. The fraction of sp³-hybridized carbons (Fsp3) is 0.561. The first-order valence-corrected chi connectivity index (χ1v) is 19.7. The molecular weight excluding hydrogens is 670 g/mol. The van der Waals surface area contributed by atoms with Crippen LogP contribution in [-0.2, 0) is 9.59 Å². The SMILES string of the molecule is NC(=O)CCCCCCCCCCCCC(=O)N1CCN(CCOc2ccc(N3CCCC(Oc4cc(-c5ccccc5O)nnc4N)C3)cc2)CC1. The first kappa shape index (κ1) is 39.6. The Hall–Kier alpha value is -4.58. The summed E-state index contributed by atoms with van der Waals surface area (Å²) >= 11 is 0. The number of amides is 2. The third-order valence-electron chi connectivity index (χ3n) is 10.3. The predicted octanol–water partition coefficient (Wildman–Crippen LogP) is 6.17. The Labute approximate surface area is 314 Å². The van der Waals surface area contributed by atoms with Crippen LogP contribution in [0.1, 0.15) is 89.9 Å². The summed E-state index contributed by atoms with van der Waals surface area (Å²) in [7, 11) is 0. The molecule has 1 unspecified atom stereocenters. The molecule has 1 aromatic heterocycles. The number of phenols is 1. The van der Waals surface area contributed by atoms with Crippen molar-refractivity contribution < 1.29 is 24.2 Å². The van der Waals surface area contributed by atoms with Gasteiger partial charge in [0.1, 0.15) is 29.9 Å². The van der Waals surface area contributed by atoms with E-state index < -0.39 is 0 Å². The Kier molecular flexibility index (Phi) is 15.9. The second kappa shape index (κ2) is 21.2. The molecule has 2 amide bonds. The number of piperazine rings is 1. The number of piperidine rings is 1. The summed E-state index contributed by atoms with van der Waals surface area (Å²) < 4.78 is 12.4. The second-order valence-corrected chi connectivity index (χ2v) is 14.4. The number of anilines is 2. The molecule has 0 aliphatic carbocycles. The lowest BCUT2D eigenvalue weighted by Gasteiger charge is -2.35. The van der Waals surface area contributed by atoms with E-state index in [0.717, 1.165) is 89.2 Å². The van der Waals surface area contributed by atoms with E-state index in [4.69, 9.17) is 20.9 Å². The van der Waals surface area contributed by atoms with E-state index >= 15 is 0 Å². The van der Waals surface area contributed by atoms with Gasteiger partial charge in [0.2, 0.25) is 11.8 Å². The number of ether oxygens (including phenoxy) is 2. The van der Waals surface area contributed by atoms with Crippen LogP contribution in [0.2, 0.25) is 0 Å². The maximum absolute atomic E-state index is 12.8. The minimum Gasteiger partial charge on any atom is -0.507 e. The zero-order valence-electron chi connectivity index (χ0n) is 31.3. The smallest absolute Gasteiger partial charge is 0.222 e. The van der Waals surface area contributed by atoms with Gasteiger partial charge in [-0.05, 0) is 62.1 Å². The van der Waals surface area contributed by atoms with Crippen LogP contribution < -0.4 is 25.8 Å². The molecule has 5 rings (SSSR count). The number of aromatic hydroxyl groups is 1. The van der Waals surface area contributed by atoms with Crippen LogP contribution in [0, 0.1) is 0 Å². The van der Waals surface area contributed by atoms with Crippen LogP contribution in [0.4, 0.5) is 11.5 Å². The molecule has 2 aliphatic heterocycles. The van der Waals surface area contributed by atoms with Crippen molar-refractivity contribution in [3.63, 3.8) is 0 Å². The average molecular weight is 730 g/mol. The highest BCUT2D eigenvalue weighted by molar-refractivity contribution is 5.76. The van der Waals surface area contributed by atoms with Gasteiger partial charge in [0.05, 0.1) is 6.54 Å². The highest BCUT2D eigenvalue weighted by Gasteiger charge is 2.24. The van der Waals surface area contributed by atoms with Gasteiger partial charge < -0.3 is 35.8 Å². The largest absolute Gasteiger partial charge is 0.507 e. The molecule has 0 bridgehead atoms. The summed E-state index contributed by atoms with van der Waals surface area (Å²) in [6.45, 7) is 6.42. The minimum atomic E-state index is -0.195. The van der Waals surface area contributed by atoms with Crippen LogP contribution in [0.5, 0.6) is 17.2 Å².